The van der Waals surface area contributed by atoms with Gasteiger partial charge in [-0.05, 0) is 44.2 Å². The molecule has 36 heavy (non-hydrogen) atoms. The third-order valence-corrected chi connectivity index (χ3v) is 7.47. The molecule has 0 aromatic heterocycles. The molecule has 10 heteroatoms. The van der Waals surface area contributed by atoms with Crippen LogP contribution in [-0.2, 0) is 14.3 Å². The van der Waals surface area contributed by atoms with Crippen molar-refractivity contribution in [3.8, 4) is 6.07 Å². The first-order valence-electron chi connectivity index (χ1n) is 13.9. The molecule has 2 amide bonds. The van der Waals surface area contributed by atoms with Gasteiger partial charge >= 0.3 is 6.09 Å². The number of ether oxygens (including phenoxy) is 2. The lowest BCUT2D eigenvalue weighted by atomic mass is 9.88. The van der Waals surface area contributed by atoms with E-state index in [1.165, 1.54) is 25.7 Å². The molecule has 2 aliphatic heterocycles. The molecule has 4 N–H and O–H groups in total. The van der Waals surface area contributed by atoms with Crippen LogP contribution in [0, 0.1) is 23.2 Å². The predicted molar refractivity (Wildman–Crippen MR) is 137 cm³/mol. The van der Waals surface area contributed by atoms with Crippen molar-refractivity contribution in [1.29, 1.82) is 5.26 Å². The Hall–Kier alpha value is -1.93. The Kier molecular flexibility index (Phi) is 11.7. The molecule has 0 spiro atoms. The molecule has 0 aromatic carbocycles. The molecule has 2 heterocycles. The van der Waals surface area contributed by atoms with E-state index < -0.39 is 24.0 Å². The molecular weight excluding hydrogens is 460 g/mol. The lowest BCUT2D eigenvalue weighted by Gasteiger charge is -2.39. The van der Waals surface area contributed by atoms with Crippen LogP contribution in [0.5, 0.6) is 0 Å². The number of carbonyl (C=O) groups excluding carboxylic acids is 2. The largest absolute Gasteiger partial charge is 0.449 e. The first-order valence-corrected chi connectivity index (χ1v) is 13.9. The highest BCUT2D eigenvalue weighted by atomic mass is 16.5. The molecule has 10 nitrogen and oxygen atoms in total. The Balaban J connectivity index is 1.76. The highest BCUT2D eigenvalue weighted by molar-refractivity contribution is 5.83. The fourth-order valence-corrected chi connectivity index (χ4v) is 5.29. The number of alkyl carbamates (subject to hydrolysis) is 1. The third kappa shape index (κ3) is 9.18. The summed E-state index contributed by atoms with van der Waals surface area (Å²) < 4.78 is 10.9. The first kappa shape index (κ1) is 28.6. The molecule has 0 aromatic rings. The highest BCUT2D eigenvalue weighted by Crippen LogP contribution is 2.27. The number of nitriles is 1. The summed E-state index contributed by atoms with van der Waals surface area (Å²) in [4.78, 5) is 28.4. The number of carbonyl (C=O) groups is 2. The van der Waals surface area contributed by atoms with Crippen LogP contribution in [-0.4, -0.2) is 80.8 Å². The van der Waals surface area contributed by atoms with Gasteiger partial charge in [-0.2, -0.15) is 5.26 Å². The van der Waals surface area contributed by atoms with E-state index in [0.717, 1.165) is 12.8 Å². The lowest BCUT2D eigenvalue weighted by Crippen LogP contribution is -2.65. The fraction of sp³-hybridized carbons (Fsp3) is 0.885. The summed E-state index contributed by atoms with van der Waals surface area (Å²) in [5.41, 5.74) is -0.857. The Labute approximate surface area is 216 Å². The van der Waals surface area contributed by atoms with Gasteiger partial charge < -0.3 is 20.1 Å². The van der Waals surface area contributed by atoms with Gasteiger partial charge in [0.1, 0.15) is 11.8 Å². The SMILES string of the molecule is CC(C)COC(=O)NC(NC(CC1CCCCCC1)C(=O)NC1(C#N)CCNCC1)N1CCOCC1. The van der Waals surface area contributed by atoms with Crippen LogP contribution in [0.25, 0.3) is 0 Å². The number of rotatable bonds is 10. The monoisotopic (exact) mass is 506 g/mol. The molecule has 3 aliphatic rings. The van der Waals surface area contributed by atoms with Crippen molar-refractivity contribution in [2.45, 2.75) is 89.5 Å². The summed E-state index contributed by atoms with van der Waals surface area (Å²) in [6.45, 7) is 8.10. The highest BCUT2D eigenvalue weighted by Gasteiger charge is 2.37. The summed E-state index contributed by atoms with van der Waals surface area (Å²) >= 11 is 0. The van der Waals surface area contributed by atoms with E-state index in [1.54, 1.807) is 0 Å². The van der Waals surface area contributed by atoms with Gasteiger partial charge in [0.05, 0.1) is 31.9 Å². The second-order valence-electron chi connectivity index (χ2n) is 10.9. The minimum absolute atomic E-state index is 0.168. The molecule has 3 rings (SSSR count). The number of amides is 2. The van der Waals surface area contributed by atoms with Crippen molar-refractivity contribution < 1.29 is 19.1 Å². The Morgan fingerprint density at radius 2 is 1.81 bits per heavy atom. The van der Waals surface area contributed by atoms with Gasteiger partial charge in [-0.25, -0.2) is 4.79 Å². The van der Waals surface area contributed by atoms with E-state index >= 15 is 0 Å². The van der Waals surface area contributed by atoms with E-state index in [9.17, 15) is 14.9 Å². The van der Waals surface area contributed by atoms with Crippen molar-refractivity contribution in [3.05, 3.63) is 0 Å². The van der Waals surface area contributed by atoms with Gasteiger partial charge in [0.25, 0.3) is 0 Å². The molecule has 204 valence electrons. The molecule has 2 atom stereocenters. The number of piperidine rings is 1. The number of morpholine rings is 1. The molecule has 1 saturated carbocycles. The van der Waals surface area contributed by atoms with Crippen LogP contribution in [0.2, 0.25) is 0 Å². The second-order valence-corrected chi connectivity index (χ2v) is 10.9. The lowest BCUT2D eigenvalue weighted by molar-refractivity contribution is -0.126. The van der Waals surface area contributed by atoms with Crippen molar-refractivity contribution >= 4 is 12.0 Å². The van der Waals surface area contributed by atoms with E-state index in [-0.39, 0.29) is 11.8 Å². The van der Waals surface area contributed by atoms with E-state index in [2.05, 4.69) is 32.2 Å². The summed E-state index contributed by atoms with van der Waals surface area (Å²) in [7, 11) is 0. The third-order valence-electron chi connectivity index (χ3n) is 7.47. The van der Waals surface area contributed by atoms with Gasteiger partial charge in [-0.1, -0.05) is 52.4 Å². The molecule has 3 fully saturated rings. The molecule has 2 unspecified atom stereocenters. The van der Waals surface area contributed by atoms with Crippen molar-refractivity contribution in [3.63, 3.8) is 0 Å². The number of nitrogens with one attached hydrogen (secondary N) is 4. The minimum atomic E-state index is -0.857. The van der Waals surface area contributed by atoms with Crippen molar-refractivity contribution in [2.24, 2.45) is 11.8 Å². The van der Waals surface area contributed by atoms with Crippen molar-refractivity contribution in [2.75, 3.05) is 46.0 Å². The number of hydrogen-bond donors (Lipinski definition) is 4. The maximum Gasteiger partial charge on any atom is 0.409 e. The van der Waals surface area contributed by atoms with Crippen LogP contribution in [0.1, 0.15) is 71.6 Å². The van der Waals surface area contributed by atoms with Gasteiger partial charge in [0, 0.05) is 13.1 Å². The standard InChI is InChI=1S/C26H46N6O4/c1-20(2)18-36-25(34)30-24(32-13-15-35-16-14-32)29-22(17-21-7-5-3-4-6-8-21)23(33)31-26(19-27)9-11-28-12-10-26/h20-22,24,28-29H,3-18H2,1-2H3,(H,30,34)(H,31,33). The molecule has 0 radical (unpaired) electrons. The maximum atomic E-state index is 13.7. The number of hydrogen-bond acceptors (Lipinski definition) is 8. The summed E-state index contributed by atoms with van der Waals surface area (Å²) in [5.74, 6) is 0.491. The molecule has 0 bridgehead atoms. The quantitative estimate of drug-likeness (QED) is 0.262. The average molecular weight is 507 g/mol. The Morgan fingerprint density at radius 1 is 1.14 bits per heavy atom. The maximum absolute atomic E-state index is 13.7. The smallest absolute Gasteiger partial charge is 0.409 e. The van der Waals surface area contributed by atoms with Crippen LogP contribution in [0.3, 0.4) is 0 Å². The van der Waals surface area contributed by atoms with Gasteiger partial charge in [0.15, 0.2) is 0 Å². The Bertz CT molecular complexity index is 722. The average Bonchev–Trinajstić information content (AvgIpc) is 3.16. The van der Waals surface area contributed by atoms with Gasteiger partial charge in [-0.15, -0.1) is 0 Å². The zero-order valence-corrected chi connectivity index (χ0v) is 22.2. The van der Waals surface area contributed by atoms with Gasteiger partial charge in [0.2, 0.25) is 5.91 Å². The van der Waals surface area contributed by atoms with Crippen LogP contribution < -0.4 is 21.3 Å². The zero-order chi connectivity index (χ0) is 25.8. The van der Waals surface area contributed by atoms with Crippen LogP contribution >= 0.6 is 0 Å². The van der Waals surface area contributed by atoms with E-state index in [1.807, 2.05) is 13.8 Å². The Morgan fingerprint density at radius 3 is 2.42 bits per heavy atom. The van der Waals surface area contributed by atoms with Crippen LogP contribution in [0.15, 0.2) is 0 Å². The van der Waals surface area contributed by atoms with Crippen molar-refractivity contribution in [1.82, 2.24) is 26.2 Å². The molecular formula is C26H46N6O4. The second kappa shape index (κ2) is 14.7. The minimum Gasteiger partial charge on any atom is -0.449 e. The van der Waals surface area contributed by atoms with Crippen LogP contribution in [0.4, 0.5) is 4.79 Å². The topological polar surface area (TPSA) is 128 Å². The normalized spacial score (nSPS) is 23.2. The molecule has 1 aliphatic carbocycles. The number of nitrogens with zero attached hydrogens (tertiary/aromatic N) is 2. The van der Waals surface area contributed by atoms with E-state index in [0.29, 0.717) is 71.2 Å². The summed E-state index contributed by atoms with van der Waals surface area (Å²) in [6.07, 6.45) is 7.81. The predicted octanol–water partition coefficient (Wildman–Crippen LogP) is 2.07. The first-order chi connectivity index (χ1) is 17.4. The van der Waals surface area contributed by atoms with Gasteiger partial charge in [-0.3, -0.25) is 20.3 Å². The van der Waals surface area contributed by atoms with E-state index in [4.69, 9.17) is 9.47 Å². The summed E-state index contributed by atoms with van der Waals surface area (Å²) in [5, 5.41) is 22.7. The zero-order valence-electron chi connectivity index (χ0n) is 22.2. The summed E-state index contributed by atoms with van der Waals surface area (Å²) in [6, 6.07) is 1.84. The molecule has 2 saturated heterocycles. The fourth-order valence-electron chi connectivity index (χ4n) is 5.29.